The van der Waals surface area contributed by atoms with Crippen molar-refractivity contribution in [2.24, 2.45) is 0 Å². The lowest BCUT2D eigenvalue weighted by Gasteiger charge is -2.13. The Kier molecular flexibility index (Phi) is 5.24. The zero-order valence-corrected chi connectivity index (χ0v) is 13.9. The number of hydrogen-bond donors (Lipinski definition) is 2. The van der Waals surface area contributed by atoms with Crippen molar-refractivity contribution in [3.8, 4) is 0 Å². The predicted octanol–water partition coefficient (Wildman–Crippen LogP) is 3.74. The molecule has 0 saturated heterocycles. The topological polar surface area (TPSA) is 71.1 Å². The van der Waals surface area contributed by atoms with Crippen molar-refractivity contribution in [3.05, 3.63) is 52.7 Å². The van der Waals surface area contributed by atoms with E-state index in [0.717, 1.165) is 12.3 Å². The third-order valence-electron chi connectivity index (χ3n) is 2.93. The van der Waals surface area contributed by atoms with Gasteiger partial charge in [0.25, 0.3) is 0 Å². The van der Waals surface area contributed by atoms with E-state index in [4.69, 9.17) is 11.6 Å². The van der Waals surface area contributed by atoms with E-state index in [1.165, 1.54) is 0 Å². The summed E-state index contributed by atoms with van der Waals surface area (Å²) in [5.74, 6) is 0.0684. The molecular weight excluding hydrogens is 367 g/mol. The molecule has 130 valence electrons. The Bertz CT molecular complexity index is 841. The third kappa shape index (κ3) is 5.00. The zero-order valence-electron chi connectivity index (χ0n) is 12.4. The van der Waals surface area contributed by atoms with Crippen molar-refractivity contribution in [1.29, 1.82) is 0 Å². The van der Waals surface area contributed by atoms with Gasteiger partial charge in [-0.15, -0.1) is 0 Å². The van der Waals surface area contributed by atoms with Crippen LogP contribution >= 0.6 is 11.6 Å². The average Bonchev–Trinajstić information content (AvgIpc) is 2.44. The third-order valence-corrected chi connectivity index (χ3v) is 3.81. The molecule has 2 rings (SSSR count). The van der Waals surface area contributed by atoms with Crippen LogP contribution in [0.1, 0.15) is 11.1 Å². The zero-order chi connectivity index (χ0) is 18.0. The molecule has 0 amide bonds. The lowest BCUT2D eigenvalue weighted by molar-refractivity contribution is -0.137. The van der Waals surface area contributed by atoms with Crippen LogP contribution in [0.15, 0.2) is 36.5 Å². The van der Waals surface area contributed by atoms with Crippen molar-refractivity contribution in [2.45, 2.75) is 12.7 Å². The van der Waals surface area contributed by atoms with Crippen LogP contribution in [-0.2, 0) is 22.7 Å². The Morgan fingerprint density at radius 2 is 1.92 bits per heavy atom. The summed E-state index contributed by atoms with van der Waals surface area (Å²) in [5, 5.41) is 2.61. The number of aromatic nitrogens is 1. The van der Waals surface area contributed by atoms with E-state index < -0.39 is 21.8 Å². The summed E-state index contributed by atoms with van der Waals surface area (Å²) in [7, 11) is -3.46. The van der Waals surface area contributed by atoms with Gasteiger partial charge in [-0.25, -0.2) is 13.4 Å². The van der Waals surface area contributed by atoms with Crippen molar-refractivity contribution in [3.63, 3.8) is 0 Å². The molecule has 0 unspecified atom stereocenters. The smallest absolute Gasteiger partial charge is 0.365 e. The molecule has 1 aromatic heterocycles. The molecule has 0 aliphatic rings. The first-order chi connectivity index (χ1) is 11.1. The van der Waals surface area contributed by atoms with Gasteiger partial charge in [-0.05, 0) is 17.7 Å². The Morgan fingerprint density at radius 3 is 2.50 bits per heavy atom. The number of halogens is 4. The van der Waals surface area contributed by atoms with Gasteiger partial charge in [0.1, 0.15) is 5.82 Å². The van der Waals surface area contributed by atoms with Gasteiger partial charge in [0.05, 0.1) is 22.5 Å². The summed E-state index contributed by atoms with van der Waals surface area (Å²) >= 11 is 5.81. The molecule has 0 aliphatic heterocycles. The summed E-state index contributed by atoms with van der Waals surface area (Å²) in [5.41, 5.74) is -0.00610. The number of para-hydroxylation sites is 1. The number of nitrogens with one attached hydrogen (secondary N) is 2. The van der Waals surface area contributed by atoms with Crippen LogP contribution in [0.5, 0.6) is 0 Å². The lowest BCUT2D eigenvalue weighted by atomic mass is 10.2. The van der Waals surface area contributed by atoms with Crippen LogP contribution in [0, 0.1) is 0 Å². The number of alkyl halides is 3. The molecule has 0 radical (unpaired) electrons. The Morgan fingerprint density at radius 1 is 1.25 bits per heavy atom. The molecule has 10 heteroatoms. The van der Waals surface area contributed by atoms with Crippen LogP contribution in [0.3, 0.4) is 0 Å². The maximum absolute atomic E-state index is 12.6. The van der Waals surface area contributed by atoms with E-state index >= 15 is 0 Å². The average molecular weight is 380 g/mol. The second-order valence-electron chi connectivity index (χ2n) is 4.94. The highest BCUT2D eigenvalue weighted by atomic mass is 35.5. The van der Waals surface area contributed by atoms with Crippen molar-refractivity contribution in [2.75, 3.05) is 16.3 Å². The van der Waals surface area contributed by atoms with Gasteiger partial charge < -0.3 is 5.32 Å². The quantitative estimate of drug-likeness (QED) is 0.830. The van der Waals surface area contributed by atoms with Gasteiger partial charge in [-0.1, -0.05) is 29.8 Å². The highest BCUT2D eigenvalue weighted by molar-refractivity contribution is 7.92. The lowest BCUT2D eigenvalue weighted by Crippen LogP contribution is -2.13. The molecule has 5 nitrogen and oxygen atoms in total. The molecule has 1 aromatic carbocycles. The van der Waals surface area contributed by atoms with Crippen molar-refractivity contribution in [1.82, 2.24) is 4.98 Å². The fourth-order valence-corrected chi connectivity index (χ4v) is 2.71. The van der Waals surface area contributed by atoms with Crippen LogP contribution in [-0.4, -0.2) is 19.7 Å². The summed E-state index contributed by atoms with van der Waals surface area (Å²) in [4.78, 5) is 3.66. The molecule has 1 heterocycles. The maximum Gasteiger partial charge on any atom is 0.417 e. The number of pyridine rings is 1. The normalized spacial score (nSPS) is 12.0. The molecular formula is C14H13ClF3N3O2S. The van der Waals surface area contributed by atoms with Crippen molar-refractivity contribution < 1.29 is 21.6 Å². The highest BCUT2D eigenvalue weighted by Gasteiger charge is 2.31. The first-order valence-electron chi connectivity index (χ1n) is 6.58. The van der Waals surface area contributed by atoms with Crippen LogP contribution in [0.4, 0.5) is 24.7 Å². The van der Waals surface area contributed by atoms with E-state index in [9.17, 15) is 21.6 Å². The number of anilines is 2. The molecule has 0 bridgehead atoms. The van der Waals surface area contributed by atoms with Crippen LogP contribution in [0.25, 0.3) is 0 Å². The molecule has 0 spiro atoms. The predicted molar refractivity (Wildman–Crippen MR) is 86.5 cm³/mol. The van der Waals surface area contributed by atoms with E-state index in [2.05, 4.69) is 15.0 Å². The van der Waals surface area contributed by atoms with Crippen LogP contribution in [0.2, 0.25) is 5.02 Å². The number of benzene rings is 1. The molecule has 0 atom stereocenters. The molecule has 2 N–H and O–H groups in total. The Hall–Kier alpha value is -2.00. The van der Waals surface area contributed by atoms with Gasteiger partial charge in [0.2, 0.25) is 10.0 Å². The number of rotatable bonds is 5. The second-order valence-corrected chi connectivity index (χ2v) is 7.09. The Labute approximate surface area is 141 Å². The van der Waals surface area contributed by atoms with E-state index in [1.54, 1.807) is 24.3 Å². The van der Waals surface area contributed by atoms with E-state index in [-0.39, 0.29) is 17.4 Å². The van der Waals surface area contributed by atoms with Gasteiger partial charge in [-0.3, -0.25) is 4.72 Å². The second kappa shape index (κ2) is 6.86. The van der Waals surface area contributed by atoms with Gasteiger partial charge in [0, 0.05) is 12.7 Å². The standard InChI is InChI=1S/C14H13ClF3N3O2S/c1-24(22,23)21-12-5-3-2-4-9(12)7-19-13-11(15)6-10(8-20-13)14(16,17)18/h2-6,8,21H,7H2,1H3,(H,19,20). The number of sulfonamides is 1. The van der Waals surface area contributed by atoms with Gasteiger partial charge in [-0.2, -0.15) is 13.2 Å². The minimum Gasteiger partial charge on any atom is -0.365 e. The SMILES string of the molecule is CS(=O)(=O)Nc1ccccc1CNc1ncc(C(F)(F)F)cc1Cl. The molecule has 0 fully saturated rings. The van der Waals surface area contributed by atoms with Crippen LogP contribution < -0.4 is 10.0 Å². The van der Waals surface area contributed by atoms with Gasteiger partial charge in [0.15, 0.2) is 0 Å². The van der Waals surface area contributed by atoms with Crippen molar-refractivity contribution >= 4 is 33.1 Å². The molecule has 2 aromatic rings. The highest BCUT2D eigenvalue weighted by Crippen LogP contribution is 2.32. The molecule has 24 heavy (non-hydrogen) atoms. The van der Waals surface area contributed by atoms with E-state index in [1.807, 2.05) is 0 Å². The monoisotopic (exact) mass is 379 g/mol. The minimum atomic E-state index is -4.53. The summed E-state index contributed by atoms with van der Waals surface area (Å²) < 4.78 is 62.8. The largest absolute Gasteiger partial charge is 0.417 e. The van der Waals surface area contributed by atoms with Gasteiger partial charge >= 0.3 is 6.18 Å². The molecule has 0 aliphatic carbocycles. The fraction of sp³-hybridized carbons (Fsp3) is 0.214. The first-order valence-corrected chi connectivity index (χ1v) is 8.85. The minimum absolute atomic E-state index is 0.0684. The number of nitrogens with zero attached hydrogens (tertiary/aromatic N) is 1. The first kappa shape index (κ1) is 18.3. The number of hydrogen-bond acceptors (Lipinski definition) is 4. The maximum atomic E-state index is 12.6. The fourth-order valence-electron chi connectivity index (χ4n) is 1.88. The summed E-state index contributed by atoms with van der Waals surface area (Å²) in [6.07, 6.45) is -2.83. The molecule has 0 saturated carbocycles. The van der Waals surface area contributed by atoms with E-state index in [0.29, 0.717) is 17.4 Å². The Balaban J connectivity index is 2.17. The summed E-state index contributed by atoms with van der Waals surface area (Å²) in [6, 6.07) is 7.36. The summed E-state index contributed by atoms with van der Waals surface area (Å²) in [6.45, 7) is 0.122.